The van der Waals surface area contributed by atoms with Crippen LogP contribution in [0.1, 0.15) is 31.9 Å². The third-order valence-corrected chi connectivity index (χ3v) is 5.22. The first kappa shape index (κ1) is 20.8. The quantitative estimate of drug-likeness (QED) is 0.747. The summed E-state index contributed by atoms with van der Waals surface area (Å²) in [6, 6.07) is 9.31. The molecule has 0 spiro atoms. The molecule has 1 aliphatic heterocycles. The molecule has 0 aromatic heterocycles. The maximum Gasteiger partial charge on any atom is 0.304 e. The van der Waals surface area contributed by atoms with Crippen molar-refractivity contribution in [1.82, 2.24) is 0 Å². The third kappa shape index (κ3) is 3.25. The summed E-state index contributed by atoms with van der Waals surface area (Å²) in [6.07, 6.45) is 0. The smallest absolute Gasteiger partial charge is 0.304 e. The molecule has 0 amide bonds. The fourth-order valence-electron chi connectivity index (χ4n) is 3.42. The molecule has 29 heavy (non-hydrogen) atoms. The molecule has 0 unspecified atom stereocenters. The number of halogens is 4. The van der Waals surface area contributed by atoms with Gasteiger partial charge in [0.2, 0.25) is 0 Å². The number of amidine groups is 1. The molecule has 1 atom stereocenters. The van der Waals surface area contributed by atoms with Crippen LogP contribution >= 0.6 is 0 Å². The Hall–Kier alpha value is -2.92. The lowest BCUT2D eigenvalue weighted by molar-refractivity contribution is -0.214. The van der Waals surface area contributed by atoms with E-state index in [1.807, 2.05) is 6.07 Å². The molecule has 8 heteroatoms. The summed E-state index contributed by atoms with van der Waals surface area (Å²) in [7, 11) is 0. The standard InChI is InChI=1S/C21H19F4N3O/c1-19(2)21(24,25)20(3,28-18(27)11-29-19)15-8-14(16(22)9-17(15)23)13-6-4-12(10-26)5-7-13/h4-9H,11H2,1-3H3,(H2,27,28)/t20-/m1/s1. The molecular formula is C21H19F4N3O. The normalized spacial score (nSPS) is 23.0. The fourth-order valence-corrected chi connectivity index (χ4v) is 3.42. The average molecular weight is 405 g/mol. The number of nitriles is 1. The van der Waals surface area contributed by atoms with Crippen LogP contribution in [0.15, 0.2) is 41.4 Å². The Balaban J connectivity index is 2.26. The monoisotopic (exact) mass is 405 g/mol. The van der Waals surface area contributed by atoms with Gasteiger partial charge in [-0.3, -0.25) is 4.99 Å². The number of nitrogens with zero attached hydrogens (tertiary/aromatic N) is 2. The van der Waals surface area contributed by atoms with Crippen molar-refractivity contribution in [2.24, 2.45) is 10.7 Å². The number of ether oxygens (including phenoxy) is 1. The van der Waals surface area contributed by atoms with Gasteiger partial charge in [-0.05, 0) is 44.5 Å². The van der Waals surface area contributed by atoms with Crippen LogP contribution in [-0.2, 0) is 10.3 Å². The van der Waals surface area contributed by atoms with Crippen molar-refractivity contribution in [1.29, 1.82) is 5.26 Å². The molecule has 0 saturated carbocycles. The highest BCUT2D eigenvalue weighted by molar-refractivity contribution is 5.82. The lowest BCUT2D eigenvalue weighted by Gasteiger charge is -2.42. The van der Waals surface area contributed by atoms with Crippen LogP contribution in [0.4, 0.5) is 17.6 Å². The summed E-state index contributed by atoms with van der Waals surface area (Å²) >= 11 is 0. The minimum atomic E-state index is -3.68. The molecule has 0 radical (unpaired) electrons. The fraction of sp³-hybridized carbons (Fsp3) is 0.333. The molecule has 1 aliphatic rings. The van der Waals surface area contributed by atoms with Gasteiger partial charge in [0.05, 0.1) is 11.6 Å². The van der Waals surface area contributed by atoms with Gasteiger partial charge >= 0.3 is 5.92 Å². The first-order valence-electron chi connectivity index (χ1n) is 8.79. The Kier molecular flexibility index (Phi) is 4.91. The van der Waals surface area contributed by atoms with Crippen LogP contribution in [0.5, 0.6) is 0 Å². The lowest BCUT2D eigenvalue weighted by atomic mass is 9.77. The van der Waals surface area contributed by atoms with Crippen molar-refractivity contribution in [3.63, 3.8) is 0 Å². The topological polar surface area (TPSA) is 71.4 Å². The third-order valence-electron chi connectivity index (χ3n) is 5.22. The predicted octanol–water partition coefficient (Wildman–Crippen LogP) is 4.52. The van der Waals surface area contributed by atoms with Crippen molar-refractivity contribution in [3.05, 3.63) is 59.2 Å². The lowest BCUT2D eigenvalue weighted by Crippen LogP contribution is -2.56. The molecule has 152 valence electrons. The van der Waals surface area contributed by atoms with Gasteiger partial charge in [-0.25, -0.2) is 17.6 Å². The highest BCUT2D eigenvalue weighted by Crippen LogP contribution is 2.51. The minimum absolute atomic E-state index is 0.0975. The van der Waals surface area contributed by atoms with E-state index in [1.165, 1.54) is 38.1 Å². The predicted molar refractivity (Wildman–Crippen MR) is 100 cm³/mol. The van der Waals surface area contributed by atoms with Crippen LogP contribution in [0, 0.1) is 23.0 Å². The zero-order chi connectivity index (χ0) is 21.6. The number of benzene rings is 2. The molecular weight excluding hydrogens is 386 g/mol. The number of alkyl halides is 2. The largest absolute Gasteiger partial charge is 0.385 e. The molecule has 0 saturated heterocycles. The molecule has 2 N–H and O–H groups in total. The highest BCUT2D eigenvalue weighted by atomic mass is 19.3. The first-order chi connectivity index (χ1) is 13.4. The SMILES string of the molecule is CC1(C)OCC(N)=N[C@](C)(c2cc(-c3ccc(C#N)cc3)c(F)cc2F)C1(F)F. The first-order valence-corrected chi connectivity index (χ1v) is 8.79. The minimum Gasteiger partial charge on any atom is -0.385 e. The Morgan fingerprint density at radius 3 is 2.28 bits per heavy atom. The van der Waals surface area contributed by atoms with Gasteiger partial charge < -0.3 is 10.5 Å². The van der Waals surface area contributed by atoms with E-state index in [-0.39, 0.29) is 18.0 Å². The Morgan fingerprint density at radius 2 is 1.69 bits per heavy atom. The summed E-state index contributed by atoms with van der Waals surface area (Å²) < 4.78 is 65.5. The van der Waals surface area contributed by atoms with Crippen molar-refractivity contribution < 1.29 is 22.3 Å². The molecule has 1 heterocycles. The molecule has 0 bridgehead atoms. The van der Waals surface area contributed by atoms with Crippen LogP contribution in [0.25, 0.3) is 11.1 Å². The zero-order valence-electron chi connectivity index (χ0n) is 16.1. The van der Waals surface area contributed by atoms with E-state index in [0.717, 1.165) is 13.0 Å². The van der Waals surface area contributed by atoms with Crippen molar-refractivity contribution in [2.45, 2.75) is 37.8 Å². The van der Waals surface area contributed by atoms with E-state index in [0.29, 0.717) is 17.2 Å². The van der Waals surface area contributed by atoms with Gasteiger partial charge in [0.25, 0.3) is 0 Å². The summed E-state index contributed by atoms with van der Waals surface area (Å²) in [6.45, 7) is 3.04. The van der Waals surface area contributed by atoms with Crippen molar-refractivity contribution >= 4 is 5.84 Å². The second-order valence-corrected chi connectivity index (χ2v) is 7.55. The molecule has 0 fully saturated rings. The van der Waals surface area contributed by atoms with Gasteiger partial charge in [0, 0.05) is 17.2 Å². The number of rotatable bonds is 2. The Morgan fingerprint density at radius 1 is 1.07 bits per heavy atom. The molecule has 4 nitrogen and oxygen atoms in total. The van der Waals surface area contributed by atoms with Gasteiger partial charge in [-0.2, -0.15) is 5.26 Å². The van der Waals surface area contributed by atoms with Gasteiger partial charge in [-0.1, -0.05) is 12.1 Å². The van der Waals surface area contributed by atoms with E-state index < -0.39 is 34.3 Å². The number of hydrogen-bond acceptors (Lipinski definition) is 4. The van der Waals surface area contributed by atoms with Crippen molar-refractivity contribution in [2.75, 3.05) is 6.61 Å². The van der Waals surface area contributed by atoms with Gasteiger partial charge in [0.1, 0.15) is 29.7 Å². The van der Waals surface area contributed by atoms with E-state index in [4.69, 9.17) is 15.7 Å². The maximum atomic E-state index is 15.5. The Bertz CT molecular complexity index is 1030. The summed E-state index contributed by atoms with van der Waals surface area (Å²) in [5.74, 6) is -6.00. The second kappa shape index (κ2) is 6.85. The van der Waals surface area contributed by atoms with E-state index in [9.17, 15) is 8.78 Å². The van der Waals surface area contributed by atoms with Crippen LogP contribution < -0.4 is 5.73 Å². The Labute approximate surface area is 165 Å². The number of nitrogens with two attached hydrogens (primary N) is 1. The average Bonchev–Trinajstić information content (AvgIpc) is 2.71. The summed E-state index contributed by atoms with van der Waals surface area (Å²) in [4.78, 5) is 3.89. The number of hydrogen-bond donors (Lipinski definition) is 1. The second-order valence-electron chi connectivity index (χ2n) is 7.55. The van der Waals surface area contributed by atoms with E-state index >= 15 is 8.78 Å². The zero-order valence-corrected chi connectivity index (χ0v) is 16.1. The van der Waals surface area contributed by atoms with Crippen LogP contribution in [-0.4, -0.2) is 24.0 Å². The van der Waals surface area contributed by atoms with Crippen LogP contribution in [0.3, 0.4) is 0 Å². The van der Waals surface area contributed by atoms with Crippen molar-refractivity contribution in [3.8, 4) is 17.2 Å². The van der Waals surface area contributed by atoms with Gasteiger partial charge in [0.15, 0.2) is 5.54 Å². The molecule has 3 rings (SSSR count). The highest BCUT2D eigenvalue weighted by Gasteiger charge is 2.64. The van der Waals surface area contributed by atoms with E-state index in [2.05, 4.69) is 4.99 Å². The summed E-state index contributed by atoms with van der Waals surface area (Å²) in [5, 5.41) is 8.90. The molecule has 0 aliphatic carbocycles. The van der Waals surface area contributed by atoms with Gasteiger partial charge in [-0.15, -0.1) is 0 Å². The summed E-state index contributed by atoms with van der Waals surface area (Å²) in [5.41, 5.74) is 1.31. The van der Waals surface area contributed by atoms with E-state index in [1.54, 1.807) is 0 Å². The molecule has 2 aromatic carbocycles. The molecule has 2 aromatic rings. The maximum absolute atomic E-state index is 15.5. The number of aliphatic imine (C=N–C) groups is 1. The van der Waals surface area contributed by atoms with Crippen LogP contribution in [0.2, 0.25) is 0 Å².